The van der Waals surface area contributed by atoms with Gasteiger partial charge in [-0.05, 0) is 54.1 Å². The molecule has 0 aliphatic rings. The Kier molecular flexibility index (Phi) is 5.08. The second-order valence-corrected chi connectivity index (χ2v) is 6.86. The summed E-state index contributed by atoms with van der Waals surface area (Å²) in [7, 11) is 3.58. The van der Waals surface area contributed by atoms with E-state index in [-0.39, 0.29) is 0 Å². The zero-order chi connectivity index (χ0) is 19.5. The fraction of sp³-hybridized carbons (Fsp3) is 0.136. The van der Waals surface area contributed by atoms with Gasteiger partial charge in [0.05, 0.1) is 12.6 Å². The van der Waals surface area contributed by atoms with Gasteiger partial charge in [0.15, 0.2) is 5.82 Å². The Morgan fingerprint density at radius 2 is 1.86 bits per heavy atom. The molecule has 0 amide bonds. The largest absolute Gasteiger partial charge is 0.497 e. The number of fused-ring (bicyclic) bond motifs is 1. The molecule has 4 aromatic rings. The van der Waals surface area contributed by atoms with E-state index in [2.05, 4.69) is 10.4 Å². The van der Waals surface area contributed by atoms with Gasteiger partial charge in [-0.1, -0.05) is 29.8 Å². The van der Waals surface area contributed by atoms with E-state index in [9.17, 15) is 0 Å². The first-order valence-electron chi connectivity index (χ1n) is 8.87. The van der Waals surface area contributed by atoms with Crippen LogP contribution in [0.3, 0.4) is 0 Å². The first-order valence-corrected chi connectivity index (χ1v) is 9.25. The molecule has 6 heteroatoms. The highest BCUT2D eigenvalue weighted by atomic mass is 35.5. The Labute approximate surface area is 168 Å². The molecule has 28 heavy (non-hydrogen) atoms. The Hall–Kier alpha value is -3.18. The Morgan fingerprint density at radius 3 is 2.68 bits per heavy atom. The van der Waals surface area contributed by atoms with Crippen LogP contribution in [0.15, 0.2) is 66.7 Å². The third-order valence-electron chi connectivity index (χ3n) is 4.45. The minimum Gasteiger partial charge on any atom is -0.497 e. The van der Waals surface area contributed by atoms with Crippen LogP contribution in [-0.4, -0.2) is 16.9 Å². The normalized spacial score (nSPS) is 10.8. The molecule has 0 bridgehead atoms. The van der Waals surface area contributed by atoms with Gasteiger partial charge >= 0.3 is 0 Å². The summed E-state index contributed by atoms with van der Waals surface area (Å²) in [6.07, 6.45) is 0. The molecule has 0 unspecified atom stereocenters. The van der Waals surface area contributed by atoms with Gasteiger partial charge in [0.25, 0.3) is 0 Å². The van der Waals surface area contributed by atoms with Crippen LogP contribution in [0, 0.1) is 0 Å². The van der Waals surface area contributed by atoms with Crippen molar-refractivity contribution in [2.24, 2.45) is 7.05 Å². The molecule has 0 aliphatic carbocycles. The molecule has 0 spiro atoms. The van der Waals surface area contributed by atoms with Crippen LogP contribution in [0.1, 0.15) is 5.56 Å². The molecular weight excluding hydrogens is 374 g/mol. The van der Waals surface area contributed by atoms with E-state index < -0.39 is 0 Å². The van der Waals surface area contributed by atoms with Crippen molar-refractivity contribution in [1.82, 2.24) is 9.78 Å². The minimum atomic E-state index is 0.458. The molecule has 5 nitrogen and oxygen atoms in total. The molecule has 0 saturated carbocycles. The van der Waals surface area contributed by atoms with Crippen molar-refractivity contribution < 1.29 is 9.47 Å². The molecule has 0 radical (unpaired) electrons. The number of aromatic nitrogens is 2. The van der Waals surface area contributed by atoms with Gasteiger partial charge in [0, 0.05) is 23.1 Å². The Bertz CT molecular complexity index is 1120. The van der Waals surface area contributed by atoms with Gasteiger partial charge in [-0.15, -0.1) is 0 Å². The lowest BCUT2D eigenvalue weighted by Crippen LogP contribution is -1.96. The minimum absolute atomic E-state index is 0.458. The SMILES string of the molecule is COc1cccc(COc2ccc3c(c2)c(Nc2cccc(Cl)c2)nn3C)c1. The highest BCUT2D eigenvalue weighted by molar-refractivity contribution is 6.30. The van der Waals surface area contributed by atoms with Gasteiger partial charge < -0.3 is 14.8 Å². The van der Waals surface area contributed by atoms with Gasteiger partial charge in [-0.2, -0.15) is 5.10 Å². The van der Waals surface area contributed by atoms with Crippen LogP contribution < -0.4 is 14.8 Å². The molecule has 0 atom stereocenters. The van der Waals surface area contributed by atoms with E-state index in [1.54, 1.807) is 7.11 Å². The zero-order valence-corrected chi connectivity index (χ0v) is 16.4. The summed E-state index contributed by atoms with van der Waals surface area (Å²) in [4.78, 5) is 0. The zero-order valence-electron chi connectivity index (χ0n) is 15.6. The summed E-state index contributed by atoms with van der Waals surface area (Å²) in [6.45, 7) is 0.458. The molecule has 0 saturated heterocycles. The molecule has 4 rings (SSSR count). The Morgan fingerprint density at radius 1 is 1.00 bits per heavy atom. The van der Waals surface area contributed by atoms with Gasteiger partial charge in [0.2, 0.25) is 0 Å². The topological polar surface area (TPSA) is 48.3 Å². The van der Waals surface area contributed by atoms with E-state index in [4.69, 9.17) is 21.1 Å². The highest BCUT2D eigenvalue weighted by Crippen LogP contribution is 2.30. The van der Waals surface area contributed by atoms with Crippen molar-refractivity contribution in [3.63, 3.8) is 0 Å². The second-order valence-electron chi connectivity index (χ2n) is 6.43. The number of ether oxygens (including phenoxy) is 2. The van der Waals surface area contributed by atoms with E-state index in [0.717, 1.165) is 39.5 Å². The summed E-state index contributed by atoms with van der Waals surface area (Å²) in [5.74, 6) is 2.35. The van der Waals surface area contributed by atoms with Crippen molar-refractivity contribution in [3.05, 3.63) is 77.3 Å². The number of aryl methyl sites for hydroxylation is 1. The quantitative estimate of drug-likeness (QED) is 0.466. The molecule has 0 fully saturated rings. The first-order chi connectivity index (χ1) is 13.6. The predicted octanol–water partition coefficient (Wildman–Crippen LogP) is 5.56. The predicted molar refractivity (Wildman–Crippen MR) is 113 cm³/mol. The molecule has 1 aromatic heterocycles. The van der Waals surface area contributed by atoms with Crippen LogP contribution in [0.25, 0.3) is 10.9 Å². The first kappa shape index (κ1) is 18.2. The lowest BCUT2D eigenvalue weighted by molar-refractivity contribution is 0.305. The molecular formula is C22H20ClN3O2. The smallest absolute Gasteiger partial charge is 0.160 e. The fourth-order valence-electron chi connectivity index (χ4n) is 3.06. The molecule has 1 N–H and O–H groups in total. The lowest BCUT2D eigenvalue weighted by Gasteiger charge is -2.08. The number of rotatable bonds is 6. The van der Waals surface area contributed by atoms with Crippen molar-refractivity contribution >= 4 is 34.0 Å². The molecule has 1 heterocycles. The maximum absolute atomic E-state index is 6.09. The number of hydrogen-bond acceptors (Lipinski definition) is 4. The van der Waals surface area contributed by atoms with Crippen molar-refractivity contribution in [2.45, 2.75) is 6.61 Å². The molecule has 0 aliphatic heterocycles. The van der Waals surface area contributed by atoms with E-state index >= 15 is 0 Å². The monoisotopic (exact) mass is 393 g/mol. The number of halogens is 1. The lowest BCUT2D eigenvalue weighted by atomic mass is 10.2. The average molecular weight is 394 g/mol. The summed E-state index contributed by atoms with van der Waals surface area (Å²) in [5.41, 5.74) is 2.94. The second kappa shape index (κ2) is 7.82. The van der Waals surface area contributed by atoms with Crippen molar-refractivity contribution in [3.8, 4) is 11.5 Å². The van der Waals surface area contributed by atoms with Gasteiger partial charge in [-0.3, -0.25) is 4.68 Å². The highest BCUT2D eigenvalue weighted by Gasteiger charge is 2.11. The summed E-state index contributed by atoms with van der Waals surface area (Å²) < 4.78 is 13.1. The number of nitrogens with zero attached hydrogens (tertiary/aromatic N) is 2. The summed E-state index contributed by atoms with van der Waals surface area (Å²) in [6, 6.07) is 21.4. The van der Waals surface area contributed by atoms with Crippen LogP contribution >= 0.6 is 11.6 Å². The number of nitrogens with one attached hydrogen (secondary N) is 1. The standard InChI is InChI=1S/C22H20ClN3O2/c1-26-21-10-9-19(28-14-15-5-3-8-18(11-15)27-2)13-20(21)22(25-26)24-17-7-4-6-16(23)12-17/h3-13H,14H2,1-2H3,(H,24,25). The van der Waals surface area contributed by atoms with Crippen LogP contribution in [0.5, 0.6) is 11.5 Å². The third kappa shape index (κ3) is 3.89. The maximum atomic E-state index is 6.09. The fourth-order valence-corrected chi connectivity index (χ4v) is 3.25. The van der Waals surface area contributed by atoms with Crippen LogP contribution in [0.4, 0.5) is 11.5 Å². The summed E-state index contributed by atoms with van der Waals surface area (Å²) >= 11 is 6.09. The van der Waals surface area contributed by atoms with E-state index in [1.165, 1.54) is 0 Å². The number of anilines is 2. The van der Waals surface area contributed by atoms with Crippen molar-refractivity contribution in [1.29, 1.82) is 0 Å². The van der Waals surface area contributed by atoms with Crippen LogP contribution in [-0.2, 0) is 13.7 Å². The molecule has 3 aromatic carbocycles. The van der Waals surface area contributed by atoms with E-state index in [0.29, 0.717) is 11.6 Å². The maximum Gasteiger partial charge on any atom is 0.160 e. The van der Waals surface area contributed by atoms with Crippen LogP contribution in [0.2, 0.25) is 5.02 Å². The number of benzene rings is 3. The van der Waals surface area contributed by atoms with Gasteiger partial charge in [-0.25, -0.2) is 0 Å². The molecule has 142 valence electrons. The average Bonchev–Trinajstić information content (AvgIpc) is 3.01. The number of methoxy groups -OCH3 is 1. The van der Waals surface area contributed by atoms with Crippen molar-refractivity contribution in [2.75, 3.05) is 12.4 Å². The third-order valence-corrected chi connectivity index (χ3v) is 4.68. The Balaban J connectivity index is 1.58. The number of hydrogen-bond donors (Lipinski definition) is 1. The summed E-state index contributed by atoms with van der Waals surface area (Å²) in [5, 5.41) is 9.57. The van der Waals surface area contributed by atoms with Gasteiger partial charge in [0.1, 0.15) is 18.1 Å². The van der Waals surface area contributed by atoms with E-state index in [1.807, 2.05) is 78.5 Å².